The van der Waals surface area contributed by atoms with E-state index in [0.29, 0.717) is 43.7 Å². The molecule has 1 aliphatic heterocycles. The number of imide groups is 1. The summed E-state index contributed by atoms with van der Waals surface area (Å²) in [5, 5.41) is 13.9. The van der Waals surface area contributed by atoms with Crippen molar-refractivity contribution in [3.05, 3.63) is 70.8 Å². The van der Waals surface area contributed by atoms with Crippen LogP contribution in [0.5, 0.6) is 5.75 Å². The molecule has 2 heterocycles. The first-order valence-electron chi connectivity index (χ1n) is 8.49. The predicted molar refractivity (Wildman–Crippen MR) is 108 cm³/mol. The summed E-state index contributed by atoms with van der Waals surface area (Å²) in [4.78, 5) is 25.3. The van der Waals surface area contributed by atoms with Crippen molar-refractivity contribution in [3.63, 3.8) is 0 Å². The Kier molecular flexibility index (Phi) is 3.38. The zero-order valence-corrected chi connectivity index (χ0v) is 15.1. The molecule has 4 aromatic rings. The Balaban J connectivity index is 2.01. The standard InChI is InChI=1S/C22H12ClNO4/c1-2-10-7-11(25)8-14-17-16(28-20(10)14)9-13(12-5-3-4-6-15(12)23)18-19(17)22(27)24-21(18)26/h2-9,25H,1H2,(H,24,26,27). The summed E-state index contributed by atoms with van der Waals surface area (Å²) in [6.45, 7) is 3.75. The van der Waals surface area contributed by atoms with Crippen molar-refractivity contribution in [1.82, 2.24) is 5.32 Å². The molecule has 2 N–H and O–H groups in total. The quantitative estimate of drug-likeness (QED) is 0.465. The van der Waals surface area contributed by atoms with E-state index in [4.69, 9.17) is 16.0 Å². The van der Waals surface area contributed by atoms with Crippen LogP contribution in [0.25, 0.3) is 39.1 Å². The van der Waals surface area contributed by atoms with Crippen LogP contribution < -0.4 is 5.32 Å². The molecule has 0 saturated heterocycles. The number of aromatic hydroxyl groups is 1. The molecule has 5 nitrogen and oxygen atoms in total. The van der Waals surface area contributed by atoms with E-state index in [9.17, 15) is 14.7 Å². The van der Waals surface area contributed by atoms with E-state index in [0.717, 1.165) is 0 Å². The van der Waals surface area contributed by atoms with Crippen molar-refractivity contribution in [2.75, 3.05) is 0 Å². The maximum atomic E-state index is 12.7. The number of phenols is 1. The van der Waals surface area contributed by atoms with Crippen LogP contribution >= 0.6 is 11.6 Å². The molecule has 0 bridgehead atoms. The predicted octanol–water partition coefficient (Wildman–Crippen LogP) is 5.14. The third kappa shape index (κ3) is 2.14. The minimum absolute atomic E-state index is 0.0127. The monoisotopic (exact) mass is 389 g/mol. The topological polar surface area (TPSA) is 79.5 Å². The normalized spacial score (nSPS) is 13.2. The summed E-state index contributed by atoms with van der Waals surface area (Å²) in [5.41, 5.74) is 3.09. The number of carbonyl (C=O) groups is 2. The lowest BCUT2D eigenvalue weighted by atomic mass is 9.92. The van der Waals surface area contributed by atoms with Crippen LogP contribution in [0.1, 0.15) is 26.3 Å². The zero-order valence-electron chi connectivity index (χ0n) is 14.4. The molecular weight excluding hydrogens is 378 g/mol. The molecule has 28 heavy (non-hydrogen) atoms. The summed E-state index contributed by atoms with van der Waals surface area (Å²) >= 11 is 6.35. The van der Waals surface area contributed by atoms with Gasteiger partial charge in [0.25, 0.3) is 11.8 Å². The van der Waals surface area contributed by atoms with Crippen molar-refractivity contribution in [3.8, 4) is 16.9 Å². The number of nitrogens with one attached hydrogen (secondary N) is 1. The fourth-order valence-electron chi connectivity index (χ4n) is 3.79. The largest absolute Gasteiger partial charge is 0.508 e. The highest BCUT2D eigenvalue weighted by Crippen LogP contribution is 2.43. The Morgan fingerprint density at radius 2 is 1.79 bits per heavy atom. The van der Waals surface area contributed by atoms with Crippen molar-refractivity contribution < 1.29 is 19.1 Å². The van der Waals surface area contributed by atoms with E-state index in [1.165, 1.54) is 12.1 Å². The van der Waals surface area contributed by atoms with Crippen LogP contribution in [0.4, 0.5) is 0 Å². The van der Waals surface area contributed by atoms with Gasteiger partial charge in [-0.05, 0) is 24.3 Å². The minimum Gasteiger partial charge on any atom is -0.508 e. The van der Waals surface area contributed by atoms with E-state index >= 15 is 0 Å². The lowest BCUT2D eigenvalue weighted by molar-refractivity contribution is 0.0880. The van der Waals surface area contributed by atoms with Crippen LogP contribution in [0.3, 0.4) is 0 Å². The van der Waals surface area contributed by atoms with Gasteiger partial charge in [0.15, 0.2) is 0 Å². The second-order valence-electron chi connectivity index (χ2n) is 6.53. The van der Waals surface area contributed by atoms with Gasteiger partial charge in [0.2, 0.25) is 0 Å². The first-order valence-corrected chi connectivity index (χ1v) is 8.86. The number of carbonyl (C=O) groups excluding carboxylic acids is 2. The van der Waals surface area contributed by atoms with Gasteiger partial charge >= 0.3 is 0 Å². The van der Waals surface area contributed by atoms with Crippen LogP contribution in [-0.2, 0) is 0 Å². The van der Waals surface area contributed by atoms with E-state index in [1.54, 1.807) is 36.4 Å². The Morgan fingerprint density at radius 3 is 2.54 bits per heavy atom. The molecule has 0 radical (unpaired) electrons. The van der Waals surface area contributed by atoms with Crippen molar-refractivity contribution in [2.45, 2.75) is 0 Å². The number of amides is 2. The SMILES string of the molecule is C=Cc1cc(O)cc2c1oc1cc(-c3ccccc3Cl)c3c(c12)C(=O)NC3=O. The molecule has 0 unspecified atom stereocenters. The number of hydrogen-bond donors (Lipinski definition) is 2. The number of rotatable bonds is 2. The van der Waals surface area contributed by atoms with Crippen LogP contribution in [-0.4, -0.2) is 16.9 Å². The maximum Gasteiger partial charge on any atom is 0.259 e. The van der Waals surface area contributed by atoms with Gasteiger partial charge in [-0.3, -0.25) is 14.9 Å². The third-order valence-corrected chi connectivity index (χ3v) is 5.27. The van der Waals surface area contributed by atoms with Gasteiger partial charge in [-0.25, -0.2) is 0 Å². The lowest BCUT2D eigenvalue weighted by Gasteiger charge is -2.09. The van der Waals surface area contributed by atoms with E-state index < -0.39 is 11.8 Å². The third-order valence-electron chi connectivity index (χ3n) is 4.94. The lowest BCUT2D eigenvalue weighted by Crippen LogP contribution is -2.20. The summed E-state index contributed by atoms with van der Waals surface area (Å²) in [7, 11) is 0. The van der Waals surface area contributed by atoms with Gasteiger partial charge in [0.1, 0.15) is 16.9 Å². The maximum absolute atomic E-state index is 12.7. The van der Waals surface area contributed by atoms with Gasteiger partial charge in [0, 0.05) is 32.5 Å². The van der Waals surface area contributed by atoms with E-state index in [2.05, 4.69) is 11.9 Å². The Morgan fingerprint density at radius 1 is 1.04 bits per heavy atom. The fourth-order valence-corrected chi connectivity index (χ4v) is 4.02. The molecule has 0 fully saturated rings. The molecule has 0 saturated carbocycles. The molecule has 1 aromatic heterocycles. The molecule has 136 valence electrons. The molecule has 0 aliphatic carbocycles. The number of fused-ring (bicyclic) bond motifs is 5. The highest BCUT2D eigenvalue weighted by Gasteiger charge is 2.35. The Bertz CT molecular complexity index is 1370. The second-order valence-corrected chi connectivity index (χ2v) is 6.94. The second kappa shape index (κ2) is 5.71. The van der Waals surface area contributed by atoms with Crippen molar-refractivity contribution in [2.24, 2.45) is 0 Å². The molecule has 3 aromatic carbocycles. The number of hydrogen-bond acceptors (Lipinski definition) is 4. The fraction of sp³-hybridized carbons (Fsp3) is 0. The molecule has 0 atom stereocenters. The smallest absolute Gasteiger partial charge is 0.259 e. The summed E-state index contributed by atoms with van der Waals surface area (Å²) < 4.78 is 6.02. The van der Waals surface area contributed by atoms with Crippen LogP contribution in [0.15, 0.2) is 53.5 Å². The molecule has 0 spiro atoms. The molecule has 1 aliphatic rings. The zero-order chi connectivity index (χ0) is 19.6. The highest BCUT2D eigenvalue weighted by molar-refractivity contribution is 6.35. The number of benzene rings is 3. The minimum atomic E-state index is -0.509. The summed E-state index contributed by atoms with van der Waals surface area (Å²) in [6.07, 6.45) is 1.56. The highest BCUT2D eigenvalue weighted by atomic mass is 35.5. The number of halogens is 1. The van der Waals surface area contributed by atoms with Crippen molar-refractivity contribution >= 4 is 51.4 Å². The Labute approximate surface area is 163 Å². The van der Waals surface area contributed by atoms with Gasteiger partial charge < -0.3 is 9.52 Å². The van der Waals surface area contributed by atoms with Crippen molar-refractivity contribution in [1.29, 1.82) is 0 Å². The molecule has 2 amide bonds. The number of phenolic OH excluding ortho intramolecular Hbond substituents is 1. The molecular formula is C22H12ClNO4. The van der Waals surface area contributed by atoms with Crippen LogP contribution in [0.2, 0.25) is 5.02 Å². The molecule has 5 rings (SSSR count). The number of furan rings is 1. The summed E-state index contributed by atoms with van der Waals surface area (Å²) in [6, 6.07) is 11.8. The van der Waals surface area contributed by atoms with E-state index in [1.807, 2.05) is 0 Å². The average molecular weight is 390 g/mol. The average Bonchev–Trinajstić information content (AvgIpc) is 3.18. The first-order chi connectivity index (χ1) is 13.5. The first kappa shape index (κ1) is 16.6. The molecule has 6 heteroatoms. The van der Waals surface area contributed by atoms with Gasteiger partial charge in [0.05, 0.1) is 11.1 Å². The van der Waals surface area contributed by atoms with Gasteiger partial charge in [-0.2, -0.15) is 0 Å². The Hall–Kier alpha value is -3.57. The van der Waals surface area contributed by atoms with E-state index in [-0.39, 0.29) is 16.9 Å². The van der Waals surface area contributed by atoms with Crippen LogP contribution in [0, 0.1) is 0 Å². The summed E-state index contributed by atoms with van der Waals surface area (Å²) in [5.74, 6) is -0.987. The van der Waals surface area contributed by atoms with Gasteiger partial charge in [-0.15, -0.1) is 0 Å². The van der Waals surface area contributed by atoms with Gasteiger partial charge in [-0.1, -0.05) is 42.5 Å².